The van der Waals surface area contributed by atoms with Crippen LogP contribution in [0.1, 0.15) is 35.6 Å². The smallest absolute Gasteiger partial charge is 0.416 e. The third-order valence-electron chi connectivity index (χ3n) is 7.32. The summed E-state index contributed by atoms with van der Waals surface area (Å²) < 4.78 is 87.2. The van der Waals surface area contributed by atoms with Gasteiger partial charge in [0.15, 0.2) is 0 Å². The van der Waals surface area contributed by atoms with Gasteiger partial charge in [0.1, 0.15) is 11.9 Å². The molecular formula is C27H24F6N2O. The van der Waals surface area contributed by atoms with E-state index in [9.17, 15) is 26.3 Å². The van der Waals surface area contributed by atoms with Gasteiger partial charge in [0.2, 0.25) is 0 Å². The molecule has 0 saturated carbocycles. The van der Waals surface area contributed by atoms with E-state index in [-0.39, 0.29) is 18.0 Å². The van der Waals surface area contributed by atoms with Gasteiger partial charge in [-0.2, -0.15) is 26.3 Å². The van der Waals surface area contributed by atoms with Gasteiger partial charge >= 0.3 is 12.4 Å². The Hall–Kier alpha value is -3.07. The van der Waals surface area contributed by atoms with Gasteiger partial charge in [0.25, 0.3) is 0 Å². The molecule has 3 nitrogen and oxygen atoms in total. The molecule has 2 aromatic carbocycles. The summed E-state index contributed by atoms with van der Waals surface area (Å²) in [7, 11) is 0. The Balaban J connectivity index is 1.62. The second kappa shape index (κ2) is 9.10. The Morgan fingerprint density at radius 1 is 1.00 bits per heavy atom. The number of nitrogens with zero attached hydrogens (tertiary/aromatic N) is 2. The molecule has 36 heavy (non-hydrogen) atoms. The molecule has 3 saturated heterocycles. The largest absolute Gasteiger partial charge is 0.484 e. The van der Waals surface area contributed by atoms with Crippen LogP contribution in [0.4, 0.5) is 26.3 Å². The third-order valence-corrected chi connectivity index (χ3v) is 7.32. The summed E-state index contributed by atoms with van der Waals surface area (Å²) in [6.07, 6.45) is -5.54. The highest BCUT2D eigenvalue weighted by atomic mass is 19.4. The fourth-order valence-electron chi connectivity index (χ4n) is 5.55. The number of alkyl halides is 6. The van der Waals surface area contributed by atoms with Gasteiger partial charge < -0.3 is 4.74 Å². The van der Waals surface area contributed by atoms with Crippen molar-refractivity contribution in [1.82, 2.24) is 9.88 Å². The van der Waals surface area contributed by atoms with E-state index in [4.69, 9.17) is 4.74 Å². The molecule has 1 unspecified atom stereocenters. The van der Waals surface area contributed by atoms with Crippen molar-refractivity contribution in [2.24, 2.45) is 11.8 Å². The molecule has 3 fully saturated rings. The number of aromatic nitrogens is 1. The summed E-state index contributed by atoms with van der Waals surface area (Å²) in [5, 5.41) is 0.746. The molecule has 0 radical (unpaired) electrons. The number of fused-ring (bicyclic) bond motifs is 4. The zero-order chi connectivity index (χ0) is 25.7. The van der Waals surface area contributed by atoms with Crippen LogP contribution in [0.5, 0.6) is 5.75 Å². The molecule has 190 valence electrons. The number of halogens is 6. The van der Waals surface area contributed by atoms with Crippen LogP contribution < -0.4 is 4.74 Å². The highest BCUT2D eigenvalue weighted by Crippen LogP contribution is 2.45. The molecule has 3 aliphatic rings. The molecule has 4 heterocycles. The van der Waals surface area contributed by atoms with Crippen molar-refractivity contribution in [3.05, 3.63) is 84.1 Å². The van der Waals surface area contributed by atoms with E-state index >= 15 is 0 Å². The Kier molecular flexibility index (Phi) is 6.22. The summed E-state index contributed by atoms with van der Waals surface area (Å²) in [6.45, 7) is 5.42. The minimum Gasteiger partial charge on any atom is -0.484 e. The molecule has 6 rings (SSSR count). The predicted molar refractivity (Wildman–Crippen MR) is 123 cm³/mol. The highest BCUT2D eigenvalue weighted by molar-refractivity contribution is 5.82. The minimum atomic E-state index is -4.96. The summed E-state index contributed by atoms with van der Waals surface area (Å²) >= 11 is 0. The van der Waals surface area contributed by atoms with E-state index in [1.807, 2.05) is 30.3 Å². The van der Waals surface area contributed by atoms with Crippen LogP contribution in [0.25, 0.3) is 10.9 Å². The first-order chi connectivity index (χ1) is 17.0. The molecule has 0 spiro atoms. The number of para-hydroxylation sites is 1. The molecule has 1 aromatic heterocycles. The molecule has 0 N–H and O–H groups in total. The van der Waals surface area contributed by atoms with E-state index in [2.05, 4.69) is 16.5 Å². The predicted octanol–water partition coefficient (Wildman–Crippen LogP) is 7.29. The SMILES string of the molecule is C=C[C@H]1CN2CC[C@H]1C[C@@H]2[C@H](Oc1cc(C(F)(F)F)cc(C(F)(F)F)c1)c1ccnc2ccccc12. The van der Waals surface area contributed by atoms with Gasteiger partial charge in [-0.3, -0.25) is 9.88 Å². The number of piperidine rings is 3. The van der Waals surface area contributed by atoms with E-state index in [1.165, 1.54) is 0 Å². The van der Waals surface area contributed by atoms with Crippen LogP contribution >= 0.6 is 0 Å². The fourth-order valence-corrected chi connectivity index (χ4v) is 5.55. The summed E-state index contributed by atoms with van der Waals surface area (Å²) in [6, 6.07) is 10.2. The molecule has 0 aliphatic carbocycles. The Labute approximate surface area is 204 Å². The van der Waals surface area contributed by atoms with Gasteiger partial charge in [-0.1, -0.05) is 24.3 Å². The first-order valence-corrected chi connectivity index (χ1v) is 11.7. The van der Waals surface area contributed by atoms with Gasteiger partial charge in [0, 0.05) is 23.7 Å². The van der Waals surface area contributed by atoms with Crippen LogP contribution in [0.2, 0.25) is 0 Å². The second-order valence-electron chi connectivity index (χ2n) is 9.44. The van der Waals surface area contributed by atoms with E-state index in [1.54, 1.807) is 12.3 Å². The van der Waals surface area contributed by atoms with Crippen LogP contribution in [0.3, 0.4) is 0 Å². The number of benzene rings is 2. The lowest BCUT2D eigenvalue weighted by atomic mass is 9.73. The zero-order valence-electron chi connectivity index (χ0n) is 19.2. The van der Waals surface area contributed by atoms with Gasteiger partial charge in [-0.25, -0.2) is 0 Å². The average molecular weight is 506 g/mol. The lowest BCUT2D eigenvalue weighted by Crippen LogP contribution is -2.55. The van der Waals surface area contributed by atoms with Crippen molar-refractivity contribution < 1.29 is 31.1 Å². The van der Waals surface area contributed by atoms with Crippen LogP contribution in [0, 0.1) is 11.8 Å². The molecule has 9 heteroatoms. The number of hydrogen-bond acceptors (Lipinski definition) is 3. The fraction of sp³-hybridized carbons (Fsp3) is 0.370. The Morgan fingerprint density at radius 2 is 1.69 bits per heavy atom. The van der Waals surface area contributed by atoms with E-state index in [0.717, 1.165) is 24.9 Å². The number of pyridine rings is 1. The van der Waals surface area contributed by atoms with Crippen LogP contribution in [-0.2, 0) is 12.4 Å². The topological polar surface area (TPSA) is 25.4 Å². The van der Waals surface area contributed by atoms with Crippen LogP contribution in [-0.4, -0.2) is 29.0 Å². The summed E-state index contributed by atoms with van der Waals surface area (Å²) in [4.78, 5) is 6.58. The maximum Gasteiger partial charge on any atom is 0.416 e. The lowest BCUT2D eigenvalue weighted by molar-refractivity contribution is -0.143. The maximum atomic E-state index is 13.5. The van der Waals surface area contributed by atoms with Crippen molar-refractivity contribution in [1.29, 1.82) is 0 Å². The normalized spacial score (nSPS) is 25.1. The van der Waals surface area contributed by atoms with Crippen molar-refractivity contribution in [3.8, 4) is 5.75 Å². The quantitative estimate of drug-likeness (QED) is 0.268. The number of ether oxygens (including phenoxy) is 1. The second-order valence-corrected chi connectivity index (χ2v) is 9.44. The summed E-state index contributed by atoms with van der Waals surface area (Å²) in [5.74, 6) is 0.144. The van der Waals surface area contributed by atoms with E-state index < -0.39 is 35.3 Å². The zero-order valence-corrected chi connectivity index (χ0v) is 19.2. The number of hydrogen-bond donors (Lipinski definition) is 0. The minimum absolute atomic E-state index is 0.116. The Morgan fingerprint density at radius 3 is 2.31 bits per heavy atom. The highest BCUT2D eigenvalue weighted by Gasteiger charge is 2.44. The molecule has 3 aromatic rings. The molecule has 2 bridgehead atoms. The van der Waals surface area contributed by atoms with Crippen molar-refractivity contribution in [2.45, 2.75) is 37.3 Å². The molecular weight excluding hydrogens is 482 g/mol. The monoisotopic (exact) mass is 506 g/mol. The molecule has 5 atom stereocenters. The van der Waals surface area contributed by atoms with Gasteiger partial charge in [-0.15, -0.1) is 6.58 Å². The van der Waals surface area contributed by atoms with Crippen molar-refractivity contribution in [3.63, 3.8) is 0 Å². The summed E-state index contributed by atoms with van der Waals surface area (Å²) in [5.41, 5.74) is -1.45. The van der Waals surface area contributed by atoms with E-state index in [0.29, 0.717) is 35.6 Å². The van der Waals surface area contributed by atoms with Gasteiger partial charge in [-0.05, 0) is 61.6 Å². The number of rotatable bonds is 5. The van der Waals surface area contributed by atoms with Gasteiger partial charge in [0.05, 0.1) is 22.7 Å². The lowest BCUT2D eigenvalue weighted by Gasteiger charge is -2.51. The third kappa shape index (κ3) is 4.68. The van der Waals surface area contributed by atoms with Crippen molar-refractivity contribution in [2.75, 3.05) is 13.1 Å². The standard InChI is InChI=1S/C27H24F6N2O/c1-2-16-15-35-10-8-17(16)11-24(35)25(22-7-9-34-23-6-4-3-5-21(22)23)36-20-13-18(26(28,29)30)12-19(14-20)27(31,32)33/h2-7,9,12-14,16-17,24-25H,1,8,10-11,15H2/t16-,17-,24+,25+/m0/s1. The maximum absolute atomic E-state index is 13.5. The first kappa shape index (κ1) is 24.6. The Bertz CT molecular complexity index is 1230. The van der Waals surface area contributed by atoms with Crippen molar-refractivity contribution >= 4 is 10.9 Å². The molecule has 3 aliphatic heterocycles. The molecule has 0 amide bonds. The average Bonchev–Trinajstić information content (AvgIpc) is 2.86. The van der Waals surface area contributed by atoms with Crippen LogP contribution in [0.15, 0.2) is 67.4 Å². The first-order valence-electron chi connectivity index (χ1n) is 11.7.